The number of nitrogens with zero attached hydrogens (tertiary/aromatic N) is 1. The summed E-state index contributed by atoms with van der Waals surface area (Å²) in [6, 6.07) is 21.6. The number of fused-ring (bicyclic) bond motifs is 3. The number of ether oxygens (including phenoxy) is 1. The summed E-state index contributed by atoms with van der Waals surface area (Å²) in [4.78, 5) is 28.4. The molecule has 0 radical (unpaired) electrons. The van der Waals surface area contributed by atoms with Crippen molar-refractivity contribution in [1.82, 2.24) is 15.6 Å². The molecule has 0 aliphatic heterocycles. The number of nitrogens with one attached hydrogen (secondary N) is 2. The monoisotopic (exact) mass is 691 g/mol. The van der Waals surface area contributed by atoms with Gasteiger partial charge in [-0.1, -0.05) is 54.9 Å². The van der Waals surface area contributed by atoms with Gasteiger partial charge < -0.3 is 20.5 Å². The largest absolute Gasteiger partial charge is 0.490 e. The zero-order valence-corrected chi connectivity index (χ0v) is 27.1. The lowest BCUT2D eigenvalue weighted by Crippen LogP contribution is -2.32. The van der Waals surface area contributed by atoms with E-state index in [-0.39, 0.29) is 43.3 Å². The van der Waals surface area contributed by atoms with Crippen molar-refractivity contribution in [1.29, 1.82) is 0 Å². The number of carbonyl (C=O) groups is 2. The van der Waals surface area contributed by atoms with E-state index in [0.717, 1.165) is 42.3 Å². The van der Waals surface area contributed by atoms with Crippen molar-refractivity contribution in [3.05, 3.63) is 106 Å². The van der Waals surface area contributed by atoms with Gasteiger partial charge in [-0.3, -0.25) is 14.6 Å². The Hall–Kier alpha value is -3.72. The van der Waals surface area contributed by atoms with Crippen molar-refractivity contribution in [3.63, 3.8) is 0 Å². The molecule has 3 N–H and O–H groups in total. The number of aromatic nitrogens is 1. The van der Waals surface area contributed by atoms with Crippen LogP contribution in [0.15, 0.2) is 79.0 Å². The molecule has 4 aliphatic carbocycles. The second-order valence-electron chi connectivity index (χ2n) is 13.3. The van der Waals surface area contributed by atoms with Gasteiger partial charge in [-0.2, -0.15) is 0 Å². The molecule has 2 amide bonds. The number of hydrogen-bond acceptors (Lipinski definition) is 5. The Morgan fingerprint density at radius 2 is 1.27 bits per heavy atom. The van der Waals surface area contributed by atoms with Gasteiger partial charge in [0.1, 0.15) is 11.6 Å². The zero-order chi connectivity index (χ0) is 32.7. The summed E-state index contributed by atoms with van der Waals surface area (Å²) < 4.78 is 19.8. The number of benzene rings is 3. The van der Waals surface area contributed by atoms with Crippen LogP contribution < -0.4 is 15.4 Å². The molecule has 1 aromatic heterocycles. The average molecular weight is 693 g/mol. The maximum Gasteiger partial charge on any atom is 0.224 e. The van der Waals surface area contributed by atoms with Crippen LogP contribution in [0.25, 0.3) is 10.9 Å². The predicted molar refractivity (Wildman–Crippen MR) is 185 cm³/mol. The molecule has 4 aromatic rings. The Kier molecular flexibility index (Phi) is 10.3. The summed E-state index contributed by atoms with van der Waals surface area (Å²) in [5.41, 5.74) is 2.65. The third-order valence-corrected chi connectivity index (χ3v) is 10.5. The summed E-state index contributed by atoms with van der Waals surface area (Å²) in [5, 5.41) is 17.7. The van der Waals surface area contributed by atoms with Crippen LogP contribution in [0, 0.1) is 29.5 Å². The minimum atomic E-state index is -0.298. The van der Waals surface area contributed by atoms with Crippen molar-refractivity contribution in [2.45, 2.75) is 70.2 Å². The van der Waals surface area contributed by atoms with Crippen molar-refractivity contribution in [3.8, 4) is 5.75 Å². The van der Waals surface area contributed by atoms with E-state index in [1.807, 2.05) is 24.3 Å². The first-order chi connectivity index (χ1) is 22.7. The molecular formula is C38H40Cl2FN3O4. The number of aliphatic hydroxyl groups excluding tert-OH is 1. The molecule has 1 heterocycles. The average Bonchev–Trinajstić information content (AvgIpc) is 3.68. The molecule has 0 spiro atoms. The molecule has 0 bridgehead atoms. The van der Waals surface area contributed by atoms with Gasteiger partial charge in [-0.15, -0.1) is 0 Å². The van der Waals surface area contributed by atoms with E-state index in [9.17, 15) is 19.1 Å². The molecule has 4 fully saturated rings. The summed E-state index contributed by atoms with van der Waals surface area (Å²) >= 11 is 11.7. The van der Waals surface area contributed by atoms with Gasteiger partial charge in [0, 0.05) is 33.7 Å². The molecule has 3 aromatic carbocycles. The van der Waals surface area contributed by atoms with Gasteiger partial charge in [0.2, 0.25) is 11.8 Å². The maximum absolute atomic E-state index is 13.6. The van der Waals surface area contributed by atoms with Crippen LogP contribution in [0.4, 0.5) is 4.39 Å². The predicted octanol–water partition coefficient (Wildman–Crippen LogP) is 6.95. The van der Waals surface area contributed by atoms with E-state index in [4.69, 9.17) is 27.9 Å². The van der Waals surface area contributed by atoms with Gasteiger partial charge >= 0.3 is 0 Å². The van der Waals surface area contributed by atoms with E-state index in [1.165, 1.54) is 12.1 Å². The first kappa shape index (κ1) is 34.2. The van der Waals surface area contributed by atoms with Gasteiger partial charge in [-0.25, -0.2) is 4.39 Å². The second kappa shape index (κ2) is 14.4. The minimum Gasteiger partial charge on any atom is -0.490 e. The van der Waals surface area contributed by atoms with Crippen molar-refractivity contribution < 1.29 is 23.8 Å². The Balaban J connectivity index is 0.000000182. The van der Waals surface area contributed by atoms with Crippen LogP contribution in [-0.2, 0) is 22.4 Å². The van der Waals surface area contributed by atoms with Gasteiger partial charge in [0.15, 0.2) is 0 Å². The second-order valence-corrected chi connectivity index (χ2v) is 14.1. The molecule has 4 aliphatic rings. The van der Waals surface area contributed by atoms with E-state index >= 15 is 0 Å². The van der Waals surface area contributed by atoms with Gasteiger partial charge in [-0.05, 0) is 109 Å². The standard InChI is InChI=1S/C23H20ClFN2O2.C14H16ClNO2.CH4/c24-14-3-1-13(2-4-14)9-22(28)27-23-17-11-16(12-18(17)23)29-21-7-8-26-20-6-5-15(25)10-19(20)21;15-9-3-1-8(2-4-9)5-13(18)16-14-11-6-10(17)7-12(11)14;/h1-8,10,16-18,23H,9,11-12H2,(H,27,28);1-4,10-12,14,17H,5-7H2,(H,16,18);1H4/t16?,17-,18+,23?;10?,11-,12+,14?;. The third kappa shape index (κ3) is 7.94. The minimum absolute atomic E-state index is 0. The summed E-state index contributed by atoms with van der Waals surface area (Å²) in [5.74, 6) is 2.41. The van der Waals surface area contributed by atoms with Crippen LogP contribution in [0.1, 0.15) is 44.2 Å². The topological polar surface area (TPSA) is 101 Å². The number of carbonyl (C=O) groups excluding carboxylic acids is 2. The maximum atomic E-state index is 13.6. The fourth-order valence-corrected chi connectivity index (χ4v) is 7.80. The molecule has 8 rings (SSSR count). The fraction of sp³-hybridized carbons (Fsp3) is 0.395. The lowest BCUT2D eigenvalue weighted by molar-refractivity contribution is -0.121. The number of amides is 2. The number of rotatable bonds is 8. The Bertz CT molecular complexity index is 1750. The highest BCUT2D eigenvalue weighted by Crippen LogP contribution is 2.53. The van der Waals surface area contributed by atoms with E-state index in [1.54, 1.807) is 42.6 Å². The van der Waals surface area contributed by atoms with Crippen molar-refractivity contribution >= 4 is 45.9 Å². The Labute approximate surface area is 290 Å². The van der Waals surface area contributed by atoms with Crippen LogP contribution >= 0.6 is 23.2 Å². The van der Waals surface area contributed by atoms with Gasteiger partial charge in [0.25, 0.3) is 0 Å². The molecule has 4 unspecified atom stereocenters. The van der Waals surface area contributed by atoms with Crippen LogP contribution in [0.3, 0.4) is 0 Å². The lowest BCUT2D eigenvalue weighted by Gasteiger charge is -2.18. The fourth-order valence-electron chi connectivity index (χ4n) is 7.55. The summed E-state index contributed by atoms with van der Waals surface area (Å²) in [7, 11) is 0. The number of halogens is 3. The molecule has 10 heteroatoms. The normalized spacial score (nSPS) is 27.4. The molecule has 7 nitrogen and oxygen atoms in total. The quantitative estimate of drug-likeness (QED) is 0.186. The SMILES string of the molecule is C.O=C(Cc1ccc(Cl)cc1)NC1[C@H]2CC(O)C[C@@H]12.O=C(Cc1ccc(Cl)cc1)NC1[C@H]2CC(Oc3ccnc4ccc(F)cc34)C[C@@H]12. The molecular weight excluding hydrogens is 652 g/mol. The smallest absolute Gasteiger partial charge is 0.224 e. The van der Waals surface area contributed by atoms with E-state index in [2.05, 4.69) is 15.6 Å². The third-order valence-electron chi connectivity index (χ3n) is 9.99. The summed E-state index contributed by atoms with van der Waals surface area (Å²) in [6.07, 6.45) is 5.87. The van der Waals surface area contributed by atoms with E-state index < -0.39 is 0 Å². The summed E-state index contributed by atoms with van der Waals surface area (Å²) in [6.45, 7) is 0. The Morgan fingerprint density at radius 1 is 0.771 bits per heavy atom. The molecule has 48 heavy (non-hydrogen) atoms. The van der Waals surface area contributed by atoms with Crippen molar-refractivity contribution in [2.24, 2.45) is 23.7 Å². The first-order valence-corrected chi connectivity index (χ1v) is 16.9. The molecule has 8 atom stereocenters. The molecule has 4 saturated carbocycles. The number of pyridine rings is 1. The van der Waals surface area contributed by atoms with Crippen molar-refractivity contribution in [2.75, 3.05) is 0 Å². The molecule has 252 valence electrons. The van der Waals surface area contributed by atoms with Crippen LogP contribution in [-0.4, -0.2) is 46.2 Å². The molecule has 0 saturated heterocycles. The highest BCUT2D eigenvalue weighted by molar-refractivity contribution is 6.30. The van der Waals surface area contributed by atoms with E-state index in [0.29, 0.717) is 63.7 Å². The zero-order valence-electron chi connectivity index (χ0n) is 25.6. The lowest BCUT2D eigenvalue weighted by atomic mass is 10.1. The van der Waals surface area contributed by atoms with Crippen LogP contribution in [0.5, 0.6) is 5.75 Å². The highest BCUT2D eigenvalue weighted by Gasteiger charge is 2.58. The number of hydrogen-bond donors (Lipinski definition) is 3. The first-order valence-electron chi connectivity index (χ1n) is 16.2. The van der Waals surface area contributed by atoms with Gasteiger partial charge in [0.05, 0.1) is 30.6 Å². The number of aliphatic hydroxyl groups is 1. The highest BCUT2D eigenvalue weighted by atomic mass is 35.5. The Morgan fingerprint density at radius 3 is 1.79 bits per heavy atom. The van der Waals surface area contributed by atoms with Crippen LogP contribution in [0.2, 0.25) is 10.0 Å².